The molecular formula is C16H18ClN. The van der Waals surface area contributed by atoms with Crippen LogP contribution in [-0.4, -0.2) is 0 Å². The van der Waals surface area contributed by atoms with Crippen molar-refractivity contribution in [2.75, 3.05) is 0 Å². The van der Waals surface area contributed by atoms with Crippen LogP contribution in [0.3, 0.4) is 0 Å². The molecular weight excluding hydrogens is 242 g/mol. The summed E-state index contributed by atoms with van der Waals surface area (Å²) in [7, 11) is 0. The normalized spacial score (nSPS) is 12.4. The van der Waals surface area contributed by atoms with Crippen molar-refractivity contribution >= 4 is 11.6 Å². The number of benzene rings is 2. The van der Waals surface area contributed by atoms with Gasteiger partial charge in [-0.1, -0.05) is 53.6 Å². The van der Waals surface area contributed by atoms with Gasteiger partial charge >= 0.3 is 0 Å². The largest absolute Gasteiger partial charge is 0.324 e. The van der Waals surface area contributed by atoms with E-state index in [-0.39, 0.29) is 6.04 Å². The Kier molecular flexibility index (Phi) is 4.05. The second-order valence-electron chi connectivity index (χ2n) is 4.81. The van der Waals surface area contributed by atoms with Crippen molar-refractivity contribution in [3.63, 3.8) is 0 Å². The van der Waals surface area contributed by atoms with Crippen LogP contribution in [0.5, 0.6) is 0 Å². The quantitative estimate of drug-likeness (QED) is 0.878. The molecule has 1 nitrogen and oxygen atoms in total. The molecule has 1 atom stereocenters. The van der Waals surface area contributed by atoms with E-state index in [4.69, 9.17) is 17.3 Å². The lowest BCUT2D eigenvalue weighted by Crippen LogP contribution is -2.13. The zero-order valence-corrected chi connectivity index (χ0v) is 11.5. The molecule has 0 saturated carbocycles. The molecule has 0 fully saturated rings. The highest BCUT2D eigenvalue weighted by molar-refractivity contribution is 6.31. The molecule has 2 heteroatoms. The predicted octanol–water partition coefficient (Wildman–Crippen LogP) is 4.20. The van der Waals surface area contributed by atoms with E-state index in [9.17, 15) is 0 Å². The highest BCUT2D eigenvalue weighted by Gasteiger charge is 2.08. The maximum absolute atomic E-state index is 6.25. The Labute approximate surface area is 114 Å². The van der Waals surface area contributed by atoms with Crippen LogP contribution in [-0.2, 0) is 6.42 Å². The van der Waals surface area contributed by atoms with E-state index in [0.29, 0.717) is 0 Å². The summed E-state index contributed by atoms with van der Waals surface area (Å²) in [6, 6.07) is 14.5. The Morgan fingerprint density at radius 2 is 1.89 bits per heavy atom. The molecule has 0 aliphatic rings. The van der Waals surface area contributed by atoms with Crippen molar-refractivity contribution in [3.05, 3.63) is 69.7 Å². The van der Waals surface area contributed by atoms with Gasteiger partial charge in [-0.2, -0.15) is 0 Å². The number of nitrogens with two attached hydrogens (primary N) is 1. The first kappa shape index (κ1) is 13.1. The van der Waals surface area contributed by atoms with Gasteiger partial charge in [0.05, 0.1) is 0 Å². The molecule has 2 rings (SSSR count). The fourth-order valence-corrected chi connectivity index (χ4v) is 2.23. The SMILES string of the molecule is Cc1cccc(CC(N)c2ccc(Cl)c(C)c2)c1. The minimum absolute atomic E-state index is 0.0165. The summed E-state index contributed by atoms with van der Waals surface area (Å²) in [4.78, 5) is 0. The molecule has 0 spiro atoms. The smallest absolute Gasteiger partial charge is 0.0435 e. The van der Waals surface area contributed by atoms with Crippen LogP contribution < -0.4 is 5.73 Å². The molecule has 0 radical (unpaired) electrons. The van der Waals surface area contributed by atoms with E-state index in [0.717, 1.165) is 22.6 Å². The Hall–Kier alpha value is -1.31. The molecule has 2 aromatic rings. The van der Waals surface area contributed by atoms with E-state index in [1.165, 1.54) is 11.1 Å². The van der Waals surface area contributed by atoms with Crippen LogP contribution >= 0.6 is 11.6 Å². The Bertz CT molecular complexity index is 549. The van der Waals surface area contributed by atoms with E-state index < -0.39 is 0 Å². The average Bonchev–Trinajstić information content (AvgIpc) is 2.32. The van der Waals surface area contributed by atoms with Crippen LogP contribution in [0.4, 0.5) is 0 Å². The van der Waals surface area contributed by atoms with E-state index in [1.54, 1.807) is 0 Å². The maximum Gasteiger partial charge on any atom is 0.0435 e. The van der Waals surface area contributed by atoms with Crippen molar-refractivity contribution in [1.29, 1.82) is 0 Å². The molecule has 0 amide bonds. The molecule has 2 aromatic carbocycles. The minimum atomic E-state index is 0.0165. The van der Waals surface area contributed by atoms with Crippen molar-refractivity contribution in [2.24, 2.45) is 5.73 Å². The minimum Gasteiger partial charge on any atom is -0.324 e. The van der Waals surface area contributed by atoms with Gasteiger partial charge in [0.15, 0.2) is 0 Å². The first-order chi connectivity index (χ1) is 8.56. The number of aryl methyl sites for hydroxylation is 2. The topological polar surface area (TPSA) is 26.0 Å². The number of hydrogen-bond donors (Lipinski definition) is 1. The number of halogens is 1. The van der Waals surface area contributed by atoms with Gasteiger partial charge in [0.1, 0.15) is 0 Å². The van der Waals surface area contributed by atoms with Gasteiger partial charge in [-0.3, -0.25) is 0 Å². The Morgan fingerprint density at radius 1 is 1.11 bits per heavy atom. The maximum atomic E-state index is 6.25. The second-order valence-corrected chi connectivity index (χ2v) is 5.22. The predicted molar refractivity (Wildman–Crippen MR) is 78.0 cm³/mol. The Morgan fingerprint density at radius 3 is 2.56 bits per heavy atom. The highest BCUT2D eigenvalue weighted by Crippen LogP contribution is 2.22. The highest BCUT2D eigenvalue weighted by atomic mass is 35.5. The van der Waals surface area contributed by atoms with E-state index in [2.05, 4.69) is 37.3 Å². The van der Waals surface area contributed by atoms with Crippen molar-refractivity contribution in [3.8, 4) is 0 Å². The van der Waals surface area contributed by atoms with Crippen LogP contribution in [0.25, 0.3) is 0 Å². The molecule has 2 N–H and O–H groups in total. The van der Waals surface area contributed by atoms with Gasteiger partial charge in [0.2, 0.25) is 0 Å². The summed E-state index contributed by atoms with van der Waals surface area (Å²) in [5, 5.41) is 0.793. The van der Waals surface area contributed by atoms with Crippen molar-refractivity contribution in [2.45, 2.75) is 26.3 Å². The van der Waals surface area contributed by atoms with Crippen molar-refractivity contribution in [1.82, 2.24) is 0 Å². The fourth-order valence-electron chi connectivity index (χ4n) is 2.11. The third-order valence-corrected chi connectivity index (χ3v) is 3.57. The third kappa shape index (κ3) is 3.12. The van der Waals surface area contributed by atoms with Crippen LogP contribution in [0.1, 0.15) is 28.3 Å². The van der Waals surface area contributed by atoms with E-state index in [1.807, 2.05) is 19.1 Å². The lowest BCUT2D eigenvalue weighted by molar-refractivity contribution is 0.721. The zero-order valence-electron chi connectivity index (χ0n) is 10.8. The van der Waals surface area contributed by atoms with Gasteiger partial charge in [0, 0.05) is 11.1 Å². The summed E-state index contributed by atoms with van der Waals surface area (Å²) in [6.45, 7) is 4.10. The van der Waals surface area contributed by atoms with Crippen LogP contribution in [0.15, 0.2) is 42.5 Å². The second kappa shape index (κ2) is 5.55. The molecule has 1 unspecified atom stereocenters. The Balaban J connectivity index is 2.16. The monoisotopic (exact) mass is 259 g/mol. The molecule has 0 bridgehead atoms. The molecule has 0 heterocycles. The molecule has 18 heavy (non-hydrogen) atoms. The summed E-state index contributed by atoms with van der Waals surface area (Å²) in [5.74, 6) is 0. The first-order valence-electron chi connectivity index (χ1n) is 6.13. The fraction of sp³-hybridized carbons (Fsp3) is 0.250. The first-order valence-corrected chi connectivity index (χ1v) is 6.51. The molecule has 94 valence electrons. The standard InChI is InChI=1S/C16H18ClN/c1-11-4-3-5-13(8-11)10-16(18)14-6-7-15(17)12(2)9-14/h3-9,16H,10,18H2,1-2H3. The number of hydrogen-bond acceptors (Lipinski definition) is 1. The van der Waals surface area contributed by atoms with Crippen molar-refractivity contribution < 1.29 is 0 Å². The van der Waals surface area contributed by atoms with Gasteiger partial charge < -0.3 is 5.73 Å². The molecule has 0 aliphatic heterocycles. The third-order valence-electron chi connectivity index (χ3n) is 3.15. The lowest BCUT2D eigenvalue weighted by Gasteiger charge is -2.13. The summed E-state index contributed by atoms with van der Waals surface area (Å²) in [6.07, 6.45) is 0.850. The van der Waals surface area contributed by atoms with Crippen LogP contribution in [0.2, 0.25) is 5.02 Å². The van der Waals surface area contributed by atoms with Gasteiger partial charge in [-0.05, 0) is 43.0 Å². The molecule has 0 saturated heterocycles. The molecule has 0 aliphatic carbocycles. The summed E-state index contributed by atoms with van der Waals surface area (Å²) in [5.41, 5.74) is 11.0. The average molecular weight is 260 g/mol. The zero-order chi connectivity index (χ0) is 13.1. The summed E-state index contributed by atoms with van der Waals surface area (Å²) < 4.78 is 0. The molecule has 0 aromatic heterocycles. The van der Waals surface area contributed by atoms with E-state index >= 15 is 0 Å². The van der Waals surface area contributed by atoms with Gasteiger partial charge in [-0.25, -0.2) is 0 Å². The summed E-state index contributed by atoms with van der Waals surface area (Å²) >= 11 is 6.03. The van der Waals surface area contributed by atoms with Gasteiger partial charge in [-0.15, -0.1) is 0 Å². The lowest BCUT2D eigenvalue weighted by atomic mass is 9.97. The van der Waals surface area contributed by atoms with Gasteiger partial charge in [0.25, 0.3) is 0 Å². The van der Waals surface area contributed by atoms with Crippen LogP contribution in [0, 0.1) is 13.8 Å². The number of rotatable bonds is 3.